The second-order valence-electron chi connectivity index (χ2n) is 6.43. The van der Waals surface area contributed by atoms with Gasteiger partial charge >= 0.3 is 5.97 Å². The largest absolute Gasteiger partial charge is 0.451 e. The van der Waals surface area contributed by atoms with Crippen molar-refractivity contribution in [2.24, 2.45) is 0 Å². The molecule has 0 saturated carbocycles. The molecule has 9 heteroatoms. The molecule has 2 amide bonds. The molecule has 3 rings (SSSR count). The van der Waals surface area contributed by atoms with Crippen LogP contribution in [0.15, 0.2) is 41.8 Å². The second kappa shape index (κ2) is 10.0. The number of benzene rings is 1. The Labute approximate surface area is 172 Å². The summed E-state index contributed by atoms with van der Waals surface area (Å²) in [4.78, 5) is 38.7. The van der Waals surface area contributed by atoms with E-state index in [0.29, 0.717) is 23.8 Å². The van der Waals surface area contributed by atoms with Crippen molar-refractivity contribution in [3.8, 4) is 0 Å². The molecule has 1 atom stereocenters. The van der Waals surface area contributed by atoms with Crippen LogP contribution in [0.4, 0.5) is 11.4 Å². The highest BCUT2D eigenvalue weighted by molar-refractivity contribution is 7.12. The maximum atomic E-state index is 12.3. The number of hydrogen-bond acceptors (Lipinski definition) is 7. The Balaban J connectivity index is 1.43. The zero-order valence-electron chi connectivity index (χ0n) is 16.1. The van der Waals surface area contributed by atoms with Crippen molar-refractivity contribution < 1.29 is 23.9 Å². The smallest absolute Gasteiger partial charge is 0.326 e. The number of nitrogens with zero attached hydrogens (tertiary/aromatic N) is 1. The van der Waals surface area contributed by atoms with Crippen LogP contribution in [0.2, 0.25) is 0 Å². The summed E-state index contributed by atoms with van der Waals surface area (Å²) in [5.41, 5.74) is 1.67. The minimum absolute atomic E-state index is 0.303. The summed E-state index contributed by atoms with van der Waals surface area (Å²) < 4.78 is 10.4. The van der Waals surface area contributed by atoms with E-state index in [0.717, 1.165) is 18.8 Å². The first-order chi connectivity index (χ1) is 14.0. The fraction of sp³-hybridized carbons (Fsp3) is 0.350. The fourth-order valence-corrected chi connectivity index (χ4v) is 3.40. The average molecular weight is 417 g/mol. The third-order valence-electron chi connectivity index (χ3n) is 4.33. The number of morpholine rings is 1. The second-order valence-corrected chi connectivity index (χ2v) is 7.38. The number of amides is 2. The standard InChI is InChI=1S/C20H23N3O5S/c1-14(28-18(24)13-21-20(26)17-3-2-12-29-17)19(25)22-15-4-6-16(7-5-15)23-8-10-27-11-9-23/h2-7,12,14H,8-11,13H2,1H3,(H,21,26)(H,22,25)/t14-/m1/s1. The van der Waals surface area contributed by atoms with E-state index in [4.69, 9.17) is 9.47 Å². The summed E-state index contributed by atoms with van der Waals surface area (Å²) >= 11 is 1.28. The van der Waals surface area contributed by atoms with Gasteiger partial charge in [0.05, 0.1) is 18.1 Å². The Morgan fingerprint density at radius 3 is 2.55 bits per heavy atom. The maximum Gasteiger partial charge on any atom is 0.326 e. The first kappa shape index (κ1) is 20.8. The van der Waals surface area contributed by atoms with Crippen LogP contribution in [0, 0.1) is 0 Å². The molecule has 1 saturated heterocycles. The van der Waals surface area contributed by atoms with Crippen molar-refractivity contribution in [2.75, 3.05) is 43.1 Å². The molecule has 29 heavy (non-hydrogen) atoms. The van der Waals surface area contributed by atoms with Gasteiger partial charge < -0.3 is 25.0 Å². The number of nitrogens with one attached hydrogen (secondary N) is 2. The molecular weight excluding hydrogens is 394 g/mol. The van der Waals surface area contributed by atoms with Crippen molar-refractivity contribution in [3.05, 3.63) is 46.7 Å². The van der Waals surface area contributed by atoms with Crippen LogP contribution in [0.25, 0.3) is 0 Å². The van der Waals surface area contributed by atoms with Gasteiger partial charge in [-0.2, -0.15) is 0 Å². The number of hydrogen-bond donors (Lipinski definition) is 2. The van der Waals surface area contributed by atoms with Gasteiger partial charge in [-0.05, 0) is 42.6 Å². The van der Waals surface area contributed by atoms with Crippen molar-refractivity contribution in [1.82, 2.24) is 5.32 Å². The lowest BCUT2D eigenvalue weighted by Gasteiger charge is -2.28. The van der Waals surface area contributed by atoms with E-state index in [-0.39, 0.29) is 12.5 Å². The van der Waals surface area contributed by atoms with Crippen molar-refractivity contribution in [3.63, 3.8) is 0 Å². The minimum atomic E-state index is -0.986. The molecule has 1 aromatic heterocycles. The highest BCUT2D eigenvalue weighted by Gasteiger charge is 2.19. The van der Waals surface area contributed by atoms with Gasteiger partial charge in [0, 0.05) is 24.5 Å². The Morgan fingerprint density at radius 2 is 1.90 bits per heavy atom. The van der Waals surface area contributed by atoms with Crippen LogP contribution in [-0.2, 0) is 19.1 Å². The molecule has 1 aromatic carbocycles. The van der Waals surface area contributed by atoms with Gasteiger partial charge in [0.2, 0.25) is 0 Å². The van der Waals surface area contributed by atoms with Gasteiger partial charge in [0.1, 0.15) is 6.54 Å². The Kier molecular flexibility index (Phi) is 7.20. The molecular formula is C20H23N3O5S. The van der Waals surface area contributed by atoms with Crippen molar-refractivity contribution in [2.45, 2.75) is 13.0 Å². The lowest BCUT2D eigenvalue weighted by Crippen LogP contribution is -2.36. The molecule has 1 fully saturated rings. The Bertz CT molecular complexity index is 832. The summed E-state index contributed by atoms with van der Waals surface area (Å²) in [6.45, 7) is 4.26. The predicted molar refractivity (Wildman–Crippen MR) is 110 cm³/mol. The molecule has 0 unspecified atom stereocenters. The molecule has 1 aliphatic heterocycles. The zero-order chi connectivity index (χ0) is 20.6. The molecule has 0 aliphatic carbocycles. The molecule has 2 heterocycles. The van der Waals surface area contributed by atoms with E-state index in [9.17, 15) is 14.4 Å². The number of thiophene rings is 1. The van der Waals surface area contributed by atoms with Gasteiger partial charge in [0.15, 0.2) is 6.10 Å². The summed E-state index contributed by atoms with van der Waals surface area (Å²) in [6.07, 6.45) is -0.986. The molecule has 8 nitrogen and oxygen atoms in total. The minimum Gasteiger partial charge on any atom is -0.451 e. The third-order valence-corrected chi connectivity index (χ3v) is 5.20. The predicted octanol–water partition coefficient (Wildman–Crippen LogP) is 1.88. The van der Waals surface area contributed by atoms with Gasteiger partial charge in [-0.3, -0.25) is 14.4 Å². The molecule has 0 bridgehead atoms. The highest BCUT2D eigenvalue weighted by atomic mass is 32.1. The summed E-state index contributed by atoms with van der Waals surface area (Å²) in [5.74, 6) is -1.48. The number of carbonyl (C=O) groups excluding carboxylic acids is 3. The quantitative estimate of drug-likeness (QED) is 0.668. The Hall–Kier alpha value is -2.91. The number of rotatable bonds is 7. The van der Waals surface area contributed by atoms with Gasteiger partial charge in [-0.1, -0.05) is 6.07 Å². The monoisotopic (exact) mass is 417 g/mol. The average Bonchev–Trinajstić information content (AvgIpc) is 3.28. The van der Waals surface area contributed by atoms with Gasteiger partial charge in [0.25, 0.3) is 11.8 Å². The number of ether oxygens (including phenoxy) is 2. The van der Waals surface area contributed by atoms with Gasteiger partial charge in [-0.25, -0.2) is 0 Å². The Morgan fingerprint density at radius 1 is 1.17 bits per heavy atom. The lowest BCUT2D eigenvalue weighted by molar-refractivity contribution is -0.152. The normalized spacial score (nSPS) is 14.7. The topological polar surface area (TPSA) is 97.0 Å². The van der Waals surface area contributed by atoms with E-state index < -0.39 is 18.0 Å². The van der Waals surface area contributed by atoms with Gasteiger partial charge in [-0.15, -0.1) is 11.3 Å². The molecule has 2 N–H and O–H groups in total. The summed E-state index contributed by atoms with van der Waals surface area (Å²) in [6, 6.07) is 10.9. The van der Waals surface area contributed by atoms with Crippen LogP contribution >= 0.6 is 11.3 Å². The van der Waals surface area contributed by atoms with E-state index in [1.54, 1.807) is 29.6 Å². The van der Waals surface area contributed by atoms with E-state index >= 15 is 0 Å². The maximum absolute atomic E-state index is 12.3. The number of anilines is 2. The van der Waals surface area contributed by atoms with Crippen molar-refractivity contribution in [1.29, 1.82) is 0 Å². The van der Waals surface area contributed by atoms with Crippen LogP contribution in [0.3, 0.4) is 0 Å². The lowest BCUT2D eigenvalue weighted by atomic mass is 10.2. The van der Waals surface area contributed by atoms with Crippen molar-refractivity contribution >= 4 is 40.5 Å². The van der Waals surface area contributed by atoms with Crippen LogP contribution in [0.5, 0.6) is 0 Å². The summed E-state index contributed by atoms with van der Waals surface area (Å²) in [5, 5.41) is 6.96. The van der Waals surface area contributed by atoms with Crippen LogP contribution in [0.1, 0.15) is 16.6 Å². The van der Waals surface area contributed by atoms with E-state index in [1.807, 2.05) is 12.1 Å². The number of esters is 1. The molecule has 1 aliphatic rings. The van der Waals surface area contributed by atoms with Crippen LogP contribution < -0.4 is 15.5 Å². The van der Waals surface area contributed by atoms with Crippen LogP contribution in [-0.4, -0.2) is 56.7 Å². The molecule has 154 valence electrons. The molecule has 0 radical (unpaired) electrons. The first-order valence-corrected chi connectivity index (χ1v) is 10.2. The molecule has 2 aromatic rings. The SMILES string of the molecule is C[C@@H](OC(=O)CNC(=O)c1cccs1)C(=O)Nc1ccc(N2CCOCC2)cc1. The molecule has 0 spiro atoms. The highest BCUT2D eigenvalue weighted by Crippen LogP contribution is 2.19. The number of carbonyl (C=O) groups is 3. The summed E-state index contributed by atoms with van der Waals surface area (Å²) in [7, 11) is 0. The third kappa shape index (κ3) is 6.03. The zero-order valence-corrected chi connectivity index (χ0v) is 16.9. The van der Waals surface area contributed by atoms with E-state index in [1.165, 1.54) is 18.3 Å². The fourth-order valence-electron chi connectivity index (χ4n) is 2.76. The first-order valence-electron chi connectivity index (χ1n) is 9.28. The van der Waals surface area contributed by atoms with E-state index in [2.05, 4.69) is 15.5 Å².